The molecule has 0 saturated heterocycles. The number of amides is 2. The van der Waals surface area contributed by atoms with Gasteiger partial charge in [-0.1, -0.05) is 17.3 Å². The van der Waals surface area contributed by atoms with Crippen molar-refractivity contribution in [3.05, 3.63) is 35.3 Å². The molecular formula is C15H18FN5O2. The number of anilines is 1. The summed E-state index contributed by atoms with van der Waals surface area (Å²) in [6.07, 6.45) is 2.04. The van der Waals surface area contributed by atoms with Gasteiger partial charge in [-0.25, -0.2) is 9.18 Å². The summed E-state index contributed by atoms with van der Waals surface area (Å²) in [7, 11) is 1.73. The molecule has 0 bridgehead atoms. The Morgan fingerprint density at radius 2 is 2.26 bits per heavy atom. The van der Waals surface area contributed by atoms with Crippen LogP contribution in [0, 0.1) is 12.7 Å². The van der Waals surface area contributed by atoms with Gasteiger partial charge in [0.25, 0.3) is 0 Å². The highest BCUT2D eigenvalue weighted by atomic mass is 19.1. The lowest BCUT2D eigenvalue weighted by Crippen LogP contribution is -2.29. The van der Waals surface area contributed by atoms with E-state index in [0.29, 0.717) is 11.4 Å². The second-order valence-electron chi connectivity index (χ2n) is 5.50. The van der Waals surface area contributed by atoms with Crippen LogP contribution in [-0.4, -0.2) is 27.1 Å². The van der Waals surface area contributed by atoms with Gasteiger partial charge < -0.3 is 10.1 Å². The smallest absolute Gasteiger partial charge is 0.320 e. The van der Waals surface area contributed by atoms with Crippen molar-refractivity contribution in [2.45, 2.75) is 32.4 Å². The zero-order valence-corrected chi connectivity index (χ0v) is 13.0. The molecule has 2 amide bonds. The second kappa shape index (κ2) is 6.23. The maximum atomic E-state index is 14.3. The Kier molecular flexibility index (Phi) is 4.14. The van der Waals surface area contributed by atoms with E-state index in [0.717, 1.165) is 18.5 Å². The van der Waals surface area contributed by atoms with E-state index in [1.54, 1.807) is 36.9 Å². The van der Waals surface area contributed by atoms with Gasteiger partial charge in [0.2, 0.25) is 0 Å². The number of nitrogens with one attached hydrogen (secondary N) is 2. The SMILES string of the molecule is Cc1c(NC(=O)NCc2cccc(OC3CC3)c2F)nnn1C. The summed E-state index contributed by atoms with van der Waals surface area (Å²) in [6.45, 7) is 1.84. The van der Waals surface area contributed by atoms with Gasteiger partial charge in [0.1, 0.15) is 0 Å². The largest absolute Gasteiger partial charge is 0.487 e. The van der Waals surface area contributed by atoms with Crippen molar-refractivity contribution in [1.82, 2.24) is 20.3 Å². The maximum Gasteiger partial charge on any atom is 0.320 e. The standard InChI is InChI=1S/C15H18FN5O2/c1-9-14(19-20-21(9)2)18-15(22)17-8-10-4-3-5-12(13(10)16)23-11-6-7-11/h3-5,11H,6-8H2,1-2H3,(H2,17,18,22). The fourth-order valence-electron chi connectivity index (χ4n) is 2.00. The number of aryl methyl sites for hydroxylation is 1. The predicted molar refractivity (Wildman–Crippen MR) is 81.6 cm³/mol. The molecule has 0 radical (unpaired) electrons. The molecule has 1 aromatic carbocycles. The molecule has 7 nitrogen and oxygen atoms in total. The molecule has 0 spiro atoms. The minimum Gasteiger partial charge on any atom is -0.487 e. The summed E-state index contributed by atoms with van der Waals surface area (Å²) in [5.41, 5.74) is 1.10. The quantitative estimate of drug-likeness (QED) is 0.884. The Morgan fingerprint density at radius 1 is 1.48 bits per heavy atom. The molecule has 8 heteroatoms. The number of carbonyl (C=O) groups excluding carboxylic acids is 1. The first-order valence-electron chi connectivity index (χ1n) is 7.39. The molecule has 3 rings (SSSR count). The molecule has 0 atom stereocenters. The minimum absolute atomic E-state index is 0.0544. The summed E-state index contributed by atoms with van der Waals surface area (Å²) < 4.78 is 21.3. The highest BCUT2D eigenvalue weighted by Crippen LogP contribution is 2.29. The Balaban J connectivity index is 1.59. The number of halogens is 1. The minimum atomic E-state index is -0.471. The normalized spacial score (nSPS) is 13.7. The van der Waals surface area contributed by atoms with E-state index >= 15 is 0 Å². The van der Waals surface area contributed by atoms with Gasteiger partial charge in [-0.05, 0) is 25.8 Å². The van der Waals surface area contributed by atoms with Crippen LogP contribution in [0.3, 0.4) is 0 Å². The van der Waals surface area contributed by atoms with Crippen LogP contribution < -0.4 is 15.4 Å². The van der Waals surface area contributed by atoms with Crippen molar-refractivity contribution in [3.8, 4) is 5.75 Å². The number of ether oxygens (including phenoxy) is 1. The van der Waals surface area contributed by atoms with E-state index in [9.17, 15) is 9.18 Å². The molecule has 1 aromatic heterocycles. The average molecular weight is 319 g/mol. The zero-order valence-electron chi connectivity index (χ0n) is 13.0. The fourth-order valence-corrected chi connectivity index (χ4v) is 2.00. The van der Waals surface area contributed by atoms with Crippen molar-refractivity contribution in [2.24, 2.45) is 7.05 Å². The molecular weight excluding hydrogens is 301 g/mol. The third-order valence-corrected chi connectivity index (χ3v) is 3.64. The molecule has 0 unspecified atom stereocenters. The first kappa shape index (κ1) is 15.3. The van der Waals surface area contributed by atoms with Gasteiger partial charge in [-0.2, -0.15) is 0 Å². The first-order chi connectivity index (χ1) is 11.0. The molecule has 1 fully saturated rings. The van der Waals surface area contributed by atoms with Crippen LogP contribution in [0.25, 0.3) is 0 Å². The molecule has 23 heavy (non-hydrogen) atoms. The van der Waals surface area contributed by atoms with Gasteiger partial charge in [-0.15, -0.1) is 5.10 Å². The third-order valence-electron chi connectivity index (χ3n) is 3.64. The summed E-state index contributed by atoms with van der Waals surface area (Å²) in [6, 6.07) is 4.45. The monoisotopic (exact) mass is 319 g/mol. The fraction of sp³-hybridized carbons (Fsp3) is 0.400. The van der Waals surface area contributed by atoms with Gasteiger partial charge in [0.05, 0.1) is 11.8 Å². The summed E-state index contributed by atoms with van der Waals surface area (Å²) in [4.78, 5) is 11.9. The van der Waals surface area contributed by atoms with E-state index in [1.807, 2.05) is 0 Å². The number of aromatic nitrogens is 3. The van der Waals surface area contributed by atoms with Crippen LogP contribution in [0.4, 0.5) is 15.0 Å². The van der Waals surface area contributed by atoms with E-state index in [1.165, 1.54) is 0 Å². The van der Waals surface area contributed by atoms with E-state index in [2.05, 4.69) is 20.9 Å². The molecule has 122 valence electrons. The van der Waals surface area contributed by atoms with Crippen LogP contribution in [-0.2, 0) is 13.6 Å². The highest BCUT2D eigenvalue weighted by Gasteiger charge is 2.25. The van der Waals surface area contributed by atoms with Crippen molar-refractivity contribution >= 4 is 11.8 Å². The van der Waals surface area contributed by atoms with Crippen LogP contribution in [0.15, 0.2) is 18.2 Å². The predicted octanol–water partition coefficient (Wildman–Crippen LogP) is 2.13. The van der Waals surface area contributed by atoms with Gasteiger partial charge in [0, 0.05) is 19.2 Å². The van der Waals surface area contributed by atoms with Gasteiger partial charge in [-0.3, -0.25) is 10.00 Å². The molecule has 1 heterocycles. The number of hydrogen-bond donors (Lipinski definition) is 2. The molecule has 2 N–H and O–H groups in total. The summed E-state index contributed by atoms with van der Waals surface area (Å²) in [5, 5.41) is 12.8. The highest BCUT2D eigenvalue weighted by molar-refractivity contribution is 5.88. The number of benzene rings is 1. The zero-order chi connectivity index (χ0) is 16.4. The Morgan fingerprint density at radius 3 is 2.91 bits per heavy atom. The molecule has 0 aliphatic heterocycles. The number of urea groups is 1. The Hall–Kier alpha value is -2.64. The average Bonchev–Trinajstić information content (AvgIpc) is 3.30. The Bertz CT molecular complexity index is 727. The van der Waals surface area contributed by atoms with Crippen LogP contribution in [0.5, 0.6) is 5.75 Å². The lowest BCUT2D eigenvalue weighted by molar-refractivity contribution is 0.251. The molecule has 1 aliphatic carbocycles. The van der Waals surface area contributed by atoms with Crippen molar-refractivity contribution in [2.75, 3.05) is 5.32 Å². The van der Waals surface area contributed by atoms with Crippen molar-refractivity contribution < 1.29 is 13.9 Å². The summed E-state index contributed by atoms with van der Waals surface area (Å²) in [5.74, 6) is 0.170. The third kappa shape index (κ3) is 3.58. The van der Waals surface area contributed by atoms with E-state index in [-0.39, 0.29) is 18.4 Å². The van der Waals surface area contributed by atoms with Crippen LogP contribution in [0.1, 0.15) is 24.1 Å². The summed E-state index contributed by atoms with van der Waals surface area (Å²) >= 11 is 0. The molecule has 2 aromatic rings. The van der Waals surface area contributed by atoms with Crippen molar-refractivity contribution in [3.63, 3.8) is 0 Å². The van der Waals surface area contributed by atoms with Gasteiger partial charge >= 0.3 is 6.03 Å². The number of nitrogens with zero attached hydrogens (tertiary/aromatic N) is 3. The van der Waals surface area contributed by atoms with E-state index < -0.39 is 11.8 Å². The lowest BCUT2D eigenvalue weighted by Gasteiger charge is -2.10. The first-order valence-corrected chi connectivity index (χ1v) is 7.39. The number of hydrogen-bond acceptors (Lipinski definition) is 4. The number of rotatable bonds is 5. The van der Waals surface area contributed by atoms with Crippen LogP contribution in [0.2, 0.25) is 0 Å². The van der Waals surface area contributed by atoms with E-state index in [4.69, 9.17) is 4.74 Å². The Labute approximate surface area is 132 Å². The molecule has 1 aliphatic rings. The topological polar surface area (TPSA) is 81.1 Å². The maximum absolute atomic E-state index is 14.3. The van der Waals surface area contributed by atoms with Crippen molar-refractivity contribution in [1.29, 1.82) is 0 Å². The second-order valence-corrected chi connectivity index (χ2v) is 5.50. The molecule has 1 saturated carbocycles. The number of carbonyl (C=O) groups is 1. The lowest BCUT2D eigenvalue weighted by atomic mass is 10.2. The van der Waals surface area contributed by atoms with Gasteiger partial charge in [0.15, 0.2) is 17.4 Å². The van der Waals surface area contributed by atoms with Crippen LogP contribution >= 0.6 is 0 Å².